The summed E-state index contributed by atoms with van der Waals surface area (Å²) in [5.74, 6) is 0.323. The molecule has 0 radical (unpaired) electrons. The number of hydrogen-bond acceptors (Lipinski definition) is 3. The molecule has 0 fully saturated rings. The average Bonchev–Trinajstić information content (AvgIpc) is 2.41. The van der Waals surface area contributed by atoms with Crippen molar-refractivity contribution < 1.29 is 4.39 Å². The lowest BCUT2D eigenvalue weighted by atomic mass is 10.2. The van der Waals surface area contributed by atoms with Crippen molar-refractivity contribution in [3.63, 3.8) is 0 Å². The minimum atomic E-state index is -0.293. The molecule has 0 atom stereocenters. The van der Waals surface area contributed by atoms with Crippen molar-refractivity contribution in [1.29, 1.82) is 0 Å². The quantitative estimate of drug-likeness (QED) is 0.912. The predicted molar refractivity (Wildman–Crippen MR) is 77.1 cm³/mol. The topological polar surface area (TPSA) is 46.9 Å². The van der Waals surface area contributed by atoms with E-state index in [4.69, 9.17) is 0 Å². The number of aromatic nitrogens is 2. The molecule has 0 amide bonds. The van der Waals surface area contributed by atoms with Crippen molar-refractivity contribution >= 4 is 5.82 Å². The zero-order chi connectivity index (χ0) is 14.5. The molecule has 2 rings (SSSR count). The van der Waals surface area contributed by atoms with E-state index >= 15 is 0 Å². The van der Waals surface area contributed by atoms with Crippen LogP contribution in [0.5, 0.6) is 0 Å². The molecule has 1 aromatic carbocycles. The first-order chi connectivity index (χ1) is 9.58. The Bertz CT molecular complexity index is 637. The summed E-state index contributed by atoms with van der Waals surface area (Å²) >= 11 is 0. The number of nitrogens with zero attached hydrogens (tertiary/aromatic N) is 2. The molecule has 0 unspecified atom stereocenters. The molecule has 0 aliphatic heterocycles. The van der Waals surface area contributed by atoms with Crippen LogP contribution in [0.4, 0.5) is 10.2 Å². The Morgan fingerprint density at radius 1 is 1.35 bits per heavy atom. The summed E-state index contributed by atoms with van der Waals surface area (Å²) in [6, 6.07) is 6.47. The molecule has 0 spiro atoms. The molecule has 2 aromatic rings. The van der Waals surface area contributed by atoms with E-state index < -0.39 is 0 Å². The third kappa shape index (κ3) is 3.44. The van der Waals surface area contributed by atoms with Crippen molar-refractivity contribution in [2.45, 2.75) is 26.9 Å². The minimum Gasteiger partial charge on any atom is -0.361 e. The lowest BCUT2D eigenvalue weighted by Crippen LogP contribution is -2.26. The van der Waals surface area contributed by atoms with E-state index in [1.807, 2.05) is 13.8 Å². The van der Waals surface area contributed by atoms with Crippen LogP contribution in [-0.2, 0) is 13.1 Å². The Labute approximate surface area is 117 Å². The zero-order valence-electron chi connectivity index (χ0n) is 11.6. The lowest BCUT2D eigenvalue weighted by molar-refractivity contribution is 0.509. The summed E-state index contributed by atoms with van der Waals surface area (Å²) < 4.78 is 15.1. The molecule has 0 saturated carbocycles. The molecule has 5 heteroatoms. The van der Waals surface area contributed by atoms with Gasteiger partial charge < -0.3 is 9.88 Å². The SMILES string of the molecule is CC(C)Cn1ccnc(NCc2ccccc2F)c1=O. The van der Waals surface area contributed by atoms with Gasteiger partial charge in [0.1, 0.15) is 5.82 Å². The summed E-state index contributed by atoms with van der Waals surface area (Å²) in [6.45, 7) is 4.95. The standard InChI is InChI=1S/C15H18FN3O/c1-11(2)10-19-8-7-17-14(15(19)20)18-9-12-5-3-4-6-13(12)16/h3-8,11H,9-10H2,1-2H3,(H,17,18). The second-order valence-corrected chi connectivity index (χ2v) is 5.07. The van der Waals surface area contributed by atoms with E-state index in [9.17, 15) is 9.18 Å². The van der Waals surface area contributed by atoms with Crippen molar-refractivity contribution in [3.05, 3.63) is 58.4 Å². The van der Waals surface area contributed by atoms with Crippen LogP contribution < -0.4 is 10.9 Å². The van der Waals surface area contributed by atoms with Gasteiger partial charge in [-0.1, -0.05) is 32.0 Å². The van der Waals surface area contributed by atoms with Crippen LogP contribution in [0.1, 0.15) is 19.4 Å². The van der Waals surface area contributed by atoms with E-state index in [1.165, 1.54) is 6.07 Å². The highest BCUT2D eigenvalue weighted by atomic mass is 19.1. The van der Waals surface area contributed by atoms with Crippen LogP contribution >= 0.6 is 0 Å². The summed E-state index contributed by atoms with van der Waals surface area (Å²) in [4.78, 5) is 16.2. The van der Waals surface area contributed by atoms with E-state index in [2.05, 4.69) is 10.3 Å². The molecule has 20 heavy (non-hydrogen) atoms. The Balaban J connectivity index is 2.14. The Morgan fingerprint density at radius 3 is 2.80 bits per heavy atom. The lowest BCUT2D eigenvalue weighted by Gasteiger charge is -2.11. The smallest absolute Gasteiger partial charge is 0.293 e. The van der Waals surface area contributed by atoms with Crippen molar-refractivity contribution in [2.24, 2.45) is 5.92 Å². The molecular weight excluding hydrogens is 257 g/mol. The summed E-state index contributed by atoms with van der Waals surface area (Å²) in [7, 11) is 0. The molecule has 0 aliphatic carbocycles. The van der Waals surface area contributed by atoms with E-state index in [1.54, 1.807) is 35.2 Å². The first kappa shape index (κ1) is 14.2. The molecule has 1 aromatic heterocycles. The van der Waals surface area contributed by atoms with Crippen LogP contribution in [0.25, 0.3) is 0 Å². The molecule has 106 valence electrons. The van der Waals surface area contributed by atoms with Gasteiger partial charge in [0.2, 0.25) is 0 Å². The Kier molecular flexibility index (Phi) is 4.50. The second kappa shape index (κ2) is 6.32. The highest BCUT2D eigenvalue weighted by molar-refractivity contribution is 5.33. The zero-order valence-corrected chi connectivity index (χ0v) is 11.6. The number of benzene rings is 1. The van der Waals surface area contributed by atoms with Crippen LogP contribution in [-0.4, -0.2) is 9.55 Å². The molecule has 0 bridgehead atoms. The fraction of sp³-hybridized carbons (Fsp3) is 0.333. The van der Waals surface area contributed by atoms with E-state index in [0.717, 1.165) is 0 Å². The number of anilines is 1. The maximum Gasteiger partial charge on any atom is 0.293 e. The first-order valence-corrected chi connectivity index (χ1v) is 6.60. The van der Waals surface area contributed by atoms with E-state index in [0.29, 0.717) is 18.0 Å². The Hall–Kier alpha value is -2.17. The first-order valence-electron chi connectivity index (χ1n) is 6.60. The average molecular weight is 275 g/mol. The van der Waals surface area contributed by atoms with Gasteiger partial charge in [-0.25, -0.2) is 9.37 Å². The number of nitrogens with one attached hydrogen (secondary N) is 1. The number of hydrogen-bond donors (Lipinski definition) is 1. The van der Waals surface area contributed by atoms with Gasteiger partial charge in [0, 0.05) is 31.0 Å². The maximum absolute atomic E-state index is 13.5. The monoisotopic (exact) mass is 275 g/mol. The molecule has 1 N–H and O–H groups in total. The van der Waals surface area contributed by atoms with Gasteiger partial charge in [-0.05, 0) is 12.0 Å². The molecule has 0 aliphatic rings. The fourth-order valence-corrected chi connectivity index (χ4v) is 1.93. The summed E-state index contributed by atoms with van der Waals surface area (Å²) in [5.41, 5.74) is 0.325. The van der Waals surface area contributed by atoms with Crippen molar-refractivity contribution in [3.8, 4) is 0 Å². The van der Waals surface area contributed by atoms with Gasteiger partial charge in [0.05, 0.1) is 0 Å². The van der Waals surface area contributed by atoms with Gasteiger partial charge in [-0.15, -0.1) is 0 Å². The third-order valence-corrected chi connectivity index (χ3v) is 2.88. The second-order valence-electron chi connectivity index (χ2n) is 5.07. The molecule has 1 heterocycles. The normalized spacial score (nSPS) is 10.8. The Morgan fingerprint density at radius 2 is 2.10 bits per heavy atom. The van der Waals surface area contributed by atoms with Gasteiger partial charge in [0.15, 0.2) is 5.82 Å². The van der Waals surface area contributed by atoms with Crippen LogP contribution in [0.15, 0.2) is 41.5 Å². The van der Waals surface area contributed by atoms with Gasteiger partial charge in [0.25, 0.3) is 5.56 Å². The third-order valence-electron chi connectivity index (χ3n) is 2.88. The van der Waals surface area contributed by atoms with Crippen molar-refractivity contribution in [1.82, 2.24) is 9.55 Å². The molecule has 4 nitrogen and oxygen atoms in total. The largest absolute Gasteiger partial charge is 0.361 e. The van der Waals surface area contributed by atoms with Crippen LogP contribution in [0, 0.1) is 11.7 Å². The van der Waals surface area contributed by atoms with Gasteiger partial charge in [-0.3, -0.25) is 4.79 Å². The molecule has 0 saturated heterocycles. The predicted octanol–water partition coefficient (Wildman–Crippen LogP) is 2.65. The van der Waals surface area contributed by atoms with Gasteiger partial charge in [-0.2, -0.15) is 0 Å². The highest BCUT2D eigenvalue weighted by Crippen LogP contribution is 2.08. The van der Waals surface area contributed by atoms with Crippen LogP contribution in [0.2, 0.25) is 0 Å². The summed E-state index contributed by atoms with van der Waals surface area (Å²) in [5, 5.41) is 2.90. The molecular formula is C15H18FN3O. The number of rotatable bonds is 5. The van der Waals surface area contributed by atoms with Gasteiger partial charge >= 0.3 is 0 Å². The number of halogens is 1. The van der Waals surface area contributed by atoms with E-state index in [-0.39, 0.29) is 23.7 Å². The summed E-state index contributed by atoms with van der Waals surface area (Å²) in [6.07, 6.45) is 3.24. The van der Waals surface area contributed by atoms with Crippen LogP contribution in [0.3, 0.4) is 0 Å². The fourth-order valence-electron chi connectivity index (χ4n) is 1.93. The highest BCUT2D eigenvalue weighted by Gasteiger charge is 2.07. The van der Waals surface area contributed by atoms with Crippen molar-refractivity contribution in [2.75, 3.05) is 5.32 Å². The minimum absolute atomic E-state index is 0.183. The maximum atomic E-state index is 13.5.